The first kappa shape index (κ1) is 51.3. The van der Waals surface area contributed by atoms with Gasteiger partial charge in [-0.1, -0.05) is 182 Å². The van der Waals surface area contributed by atoms with Gasteiger partial charge in [0.15, 0.2) is 0 Å². The van der Waals surface area contributed by atoms with Crippen LogP contribution in [0.15, 0.2) is 231 Å². The Labute approximate surface area is 507 Å². The van der Waals surface area contributed by atoms with Gasteiger partial charge in [-0.3, -0.25) is 0 Å². The molecule has 12 aromatic rings. The van der Waals surface area contributed by atoms with Gasteiger partial charge in [0.2, 0.25) is 0 Å². The number of hydrogen-bond donors (Lipinski definition) is 4. The maximum absolute atomic E-state index is 5.46. The van der Waals surface area contributed by atoms with Crippen LogP contribution >= 0.6 is 0 Å². The molecule has 0 spiro atoms. The number of nitrogens with zero attached hydrogens (tertiary/aromatic N) is 4. The van der Waals surface area contributed by atoms with E-state index in [9.17, 15) is 0 Å². The number of nitrogens with one attached hydrogen (secondary N) is 4. The van der Waals surface area contributed by atoms with Gasteiger partial charge >= 0.3 is 0 Å². The third-order valence-electron chi connectivity index (χ3n) is 16.3. The van der Waals surface area contributed by atoms with Gasteiger partial charge < -0.3 is 19.9 Å². The van der Waals surface area contributed by atoms with Crippen LogP contribution in [0.4, 0.5) is 0 Å². The third kappa shape index (κ3) is 9.46. The van der Waals surface area contributed by atoms with Crippen molar-refractivity contribution in [2.24, 2.45) is 0 Å². The smallest absolute Gasteiger partial charge is 0.0815 e. The molecule has 8 nitrogen and oxygen atoms in total. The van der Waals surface area contributed by atoms with E-state index < -0.39 is 0 Å². The maximum atomic E-state index is 5.46. The Morgan fingerprint density at radius 3 is 0.602 bits per heavy atom. The van der Waals surface area contributed by atoms with Crippen LogP contribution in [-0.2, 0) is 0 Å². The van der Waals surface area contributed by atoms with Gasteiger partial charge in [0, 0.05) is 66.5 Å². The summed E-state index contributed by atoms with van der Waals surface area (Å²) < 4.78 is 0. The van der Waals surface area contributed by atoms with Crippen molar-refractivity contribution in [1.82, 2.24) is 39.9 Å². The van der Waals surface area contributed by atoms with Crippen molar-refractivity contribution in [3.8, 4) is 90.4 Å². The minimum Gasteiger partial charge on any atom is -0.354 e. The number of aromatic nitrogens is 8. The average Bonchev–Trinajstić information content (AvgIpc) is 4.53. The molecule has 8 heteroatoms. The molecular weight excluding hydrogens is 1070 g/mol. The normalized spacial score (nSPS) is 12.0. The summed E-state index contributed by atoms with van der Waals surface area (Å²) in [6, 6.07) is 79.6. The minimum atomic E-state index is 0.685. The van der Waals surface area contributed by atoms with E-state index in [0.717, 1.165) is 145 Å². The first-order chi connectivity index (χ1) is 43.6. The number of fused-ring (bicyclic) bond motifs is 16. The Hall–Kier alpha value is -12.4. The van der Waals surface area contributed by atoms with Gasteiger partial charge in [-0.25, -0.2) is 19.9 Å². The van der Waals surface area contributed by atoms with E-state index in [1.165, 1.54) is 0 Å². The fraction of sp³-hybridized carbons (Fsp3) is 0. The van der Waals surface area contributed by atoms with Crippen LogP contribution in [0.3, 0.4) is 0 Å². The zero-order chi connectivity index (χ0) is 58.3. The highest BCUT2D eigenvalue weighted by atomic mass is 14.8. The average molecular weight is 1120 g/mol. The summed E-state index contributed by atoms with van der Waals surface area (Å²) in [6.45, 7) is 0. The second kappa shape index (κ2) is 22.0. The Morgan fingerprint density at radius 1 is 0.193 bits per heavy atom. The zero-order valence-corrected chi connectivity index (χ0v) is 47.3. The van der Waals surface area contributed by atoms with Gasteiger partial charge in [0.05, 0.1) is 67.7 Å². The monoisotopic (exact) mass is 1120 g/mol. The number of H-pyrrole nitrogens is 4. The van der Waals surface area contributed by atoms with E-state index in [0.29, 0.717) is 22.5 Å². The van der Waals surface area contributed by atoms with Crippen molar-refractivity contribution < 1.29 is 0 Å². The van der Waals surface area contributed by atoms with E-state index >= 15 is 0 Å². The van der Waals surface area contributed by atoms with Crippen LogP contribution < -0.4 is 0 Å². The summed E-state index contributed by atoms with van der Waals surface area (Å²) in [5.74, 6) is 13.8. The lowest BCUT2D eigenvalue weighted by Crippen LogP contribution is -1.89. The fourth-order valence-electron chi connectivity index (χ4n) is 12.3. The highest BCUT2D eigenvalue weighted by molar-refractivity contribution is 6.01. The van der Waals surface area contributed by atoms with Crippen LogP contribution in [0.2, 0.25) is 0 Å². The van der Waals surface area contributed by atoms with Gasteiger partial charge in [-0.05, 0) is 154 Å². The molecule has 0 amide bonds. The lowest BCUT2D eigenvalue weighted by Gasteiger charge is -2.06. The van der Waals surface area contributed by atoms with Crippen LogP contribution in [0.5, 0.6) is 0 Å². The van der Waals surface area contributed by atoms with Crippen molar-refractivity contribution in [1.29, 1.82) is 0 Å². The molecule has 6 aromatic heterocycles. The molecule has 0 fully saturated rings. The molecule has 4 aliphatic heterocycles. The Bertz CT molecular complexity index is 4990. The third-order valence-corrected chi connectivity index (χ3v) is 16.3. The van der Waals surface area contributed by atoms with Crippen LogP contribution in [-0.4, -0.2) is 39.9 Å². The summed E-state index contributed by atoms with van der Waals surface area (Å²) in [7, 11) is 0. The molecule has 0 aliphatic carbocycles. The molecule has 16 bridgehead atoms. The summed E-state index contributed by atoms with van der Waals surface area (Å²) in [5, 5.41) is 0. The predicted octanol–water partition coefficient (Wildman–Crippen LogP) is 19.0. The van der Waals surface area contributed by atoms with Crippen LogP contribution in [0.25, 0.3) is 160 Å². The van der Waals surface area contributed by atoms with E-state index in [1.54, 1.807) is 0 Å². The van der Waals surface area contributed by atoms with E-state index in [-0.39, 0.29) is 0 Å². The van der Waals surface area contributed by atoms with Crippen molar-refractivity contribution >= 4 is 92.7 Å². The summed E-state index contributed by atoms with van der Waals surface area (Å²) in [6.07, 6.45) is 16.7. The minimum absolute atomic E-state index is 0.685. The predicted molar refractivity (Wildman–Crippen MR) is 364 cm³/mol. The van der Waals surface area contributed by atoms with Crippen LogP contribution in [0, 0.1) is 23.7 Å². The summed E-state index contributed by atoms with van der Waals surface area (Å²) in [5.41, 5.74) is 26.8. The molecule has 16 rings (SSSR count). The number of benzene rings is 6. The first-order valence-corrected chi connectivity index (χ1v) is 29.3. The van der Waals surface area contributed by atoms with Gasteiger partial charge in [0.1, 0.15) is 0 Å². The molecule has 0 unspecified atom stereocenters. The van der Waals surface area contributed by atoms with Gasteiger partial charge in [0.25, 0.3) is 0 Å². The molecular formula is C80H50N8. The lowest BCUT2D eigenvalue weighted by atomic mass is 10.0. The molecule has 4 N–H and O–H groups in total. The van der Waals surface area contributed by atoms with Crippen molar-refractivity contribution in [3.63, 3.8) is 0 Å². The molecule has 6 aromatic carbocycles. The van der Waals surface area contributed by atoms with Gasteiger partial charge in [-0.2, -0.15) is 0 Å². The lowest BCUT2D eigenvalue weighted by molar-refractivity contribution is 1.30. The molecule has 4 aliphatic rings. The standard InChI is InChI=1S/C80H50N8/c1-7-21-51(22-8-1)75-63-39-35-59(81-63)57(60-36-40-64(82-60)76(52-23-9-2-10-24-52)68-44-48-72(86-68)79(55-29-15-5-16-30-55)71-47-43-67(75)85-71)33-19-20-34-58-61-37-41-65(83-61)77(53-25-11-3-12-26-53)69-45-49-73(87-69)80(56-31-17-6-18-32-56)74-50-46-70(88-74)78(54-27-13-4-14-28-54)66-42-38-62(58)84-66/h1-18,21-32,35-50,81,83,86,88H. The van der Waals surface area contributed by atoms with E-state index in [1.807, 2.05) is 36.4 Å². The SMILES string of the molecule is C(C#Cc1c2nc(c(-c3ccccc3)c3ccc([nH]3)c(-c3ccccc3)c3nc(c(-c4ccccc4)c4ccc1[nH]4)C=C3)C=C2)#Cc1c2nc(c(-c3ccccc3)c3ccc([nH]3)c(-c3ccccc3)c3nc(c(-c4ccccc4)c4ccc1[nH]4)C=C3)C=C2. The Kier molecular flexibility index (Phi) is 12.8. The maximum Gasteiger partial charge on any atom is 0.0815 e. The number of hydrogen-bond acceptors (Lipinski definition) is 4. The van der Waals surface area contributed by atoms with Crippen molar-refractivity contribution in [3.05, 3.63) is 287 Å². The summed E-state index contributed by atoms with van der Waals surface area (Å²) >= 11 is 0. The number of aromatic amines is 4. The molecule has 0 atom stereocenters. The molecule has 10 heterocycles. The second-order valence-electron chi connectivity index (χ2n) is 21.7. The fourth-order valence-corrected chi connectivity index (χ4v) is 12.3. The quantitative estimate of drug-likeness (QED) is 0.124. The molecule has 0 saturated carbocycles. The highest BCUT2D eigenvalue weighted by Crippen LogP contribution is 2.40. The Morgan fingerprint density at radius 2 is 0.375 bits per heavy atom. The summed E-state index contributed by atoms with van der Waals surface area (Å²) in [4.78, 5) is 37.1. The van der Waals surface area contributed by atoms with E-state index in [2.05, 4.69) is 286 Å². The van der Waals surface area contributed by atoms with Crippen LogP contribution in [0.1, 0.15) is 56.7 Å². The topological polar surface area (TPSA) is 115 Å². The zero-order valence-electron chi connectivity index (χ0n) is 47.3. The molecule has 410 valence electrons. The molecule has 0 saturated heterocycles. The van der Waals surface area contributed by atoms with Crippen molar-refractivity contribution in [2.45, 2.75) is 0 Å². The second-order valence-corrected chi connectivity index (χ2v) is 21.7. The Balaban J connectivity index is 0.949. The highest BCUT2D eigenvalue weighted by Gasteiger charge is 2.21. The van der Waals surface area contributed by atoms with Crippen molar-refractivity contribution in [2.75, 3.05) is 0 Å². The van der Waals surface area contributed by atoms with Gasteiger partial charge in [-0.15, -0.1) is 0 Å². The number of rotatable bonds is 6. The molecule has 88 heavy (non-hydrogen) atoms. The molecule has 0 radical (unpaired) electrons. The van der Waals surface area contributed by atoms with E-state index in [4.69, 9.17) is 19.9 Å². The largest absolute Gasteiger partial charge is 0.354 e. The first-order valence-electron chi connectivity index (χ1n) is 29.3.